The van der Waals surface area contributed by atoms with Crippen molar-refractivity contribution in [3.8, 4) is 5.75 Å². The maximum absolute atomic E-state index is 12.3. The predicted octanol–water partition coefficient (Wildman–Crippen LogP) is 5.09. The molecule has 0 saturated heterocycles. The van der Waals surface area contributed by atoms with E-state index in [0.717, 1.165) is 25.0 Å². The van der Waals surface area contributed by atoms with E-state index in [4.69, 9.17) is 4.74 Å². The van der Waals surface area contributed by atoms with Crippen LogP contribution in [0.5, 0.6) is 5.75 Å². The van der Waals surface area contributed by atoms with Gasteiger partial charge in [0.25, 0.3) is 0 Å². The third-order valence-electron chi connectivity index (χ3n) is 5.38. The number of amides is 2. The standard InChI is InChI=1S/C24H32N2O2/c1-3-23(21-12-11-19-7-4-5-8-20(19)17-21)26-24(27)25-15-6-16-28-22-13-9-18(2)10-14-22/h9-14,17,23H,3-8,15-16H2,1-2H3,(H2,25,26,27). The Labute approximate surface area is 168 Å². The van der Waals surface area contributed by atoms with E-state index < -0.39 is 0 Å². The number of aryl methyl sites for hydroxylation is 3. The Hall–Kier alpha value is -2.49. The maximum atomic E-state index is 12.3. The Balaban J connectivity index is 1.41. The Morgan fingerprint density at radius 2 is 1.82 bits per heavy atom. The molecular weight excluding hydrogens is 348 g/mol. The third kappa shape index (κ3) is 5.75. The zero-order valence-electron chi connectivity index (χ0n) is 17.1. The molecule has 0 heterocycles. The predicted molar refractivity (Wildman–Crippen MR) is 114 cm³/mol. The minimum absolute atomic E-state index is 0.0519. The van der Waals surface area contributed by atoms with Gasteiger partial charge in [-0.25, -0.2) is 4.79 Å². The van der Waals surface area contributed by atoms with Crippen LogP contribution in [0.1, 0.15) is 60.9 Å². The number of carbonyl (C=O) groups is 1. The molecule has 0 aliphatic heterocycles. The summed E-state index contributed by atoms with van der Waals surface area (Å²) in [5.41, 5.74) is 5.36. The highest BCUT2D eigenvalue weighted by Crippen LogP contribution is 2.26. The fourth-order valence-electron chi connectivity index (χ4n) is 3.70. The highest BCUT2D eigenvalue weighted by molar-refractivity contribution is 5.74. The van der Waals surface area contributed by atoms with Gasteiger partial charge in [-0.05, 0) is 74.3 Å². The molecule has 1 unspecified atom stereocenters. The van der Waals surface area contributed by atoms with Gasteiger partial charge in [-0.3, -0.25) is 0 Å². The third-order valence-corrected chi connectivity index (χ3v) is 5.38. The van der Waals surface area contributed by atoms with Crippen molar-refractivity contribution in [2.24, 2.45) is 0 Å². The van der Waals surface area contributed by atoms with Crippen molar-refractivity contribution in [3.63, 3.8) is 0 Å². The summed E-state index contributed by atoms with van der Waals surface area (Å²) in [5.74, 6) is 0.869. The van der Waals surface area contributed by atoms with E-state index >= 15 is 0 Å². The number of hydrogen-bond acceptors (Lipinski definition) is 2. The number of rotatable bonds is 8. The van der Waals surface area contributed by atoms with Gasteiger partial charge >= 0.3 is 6.03 Å². The van der Waals surface area contributed by atoms with E-state index in [9.17, 15) is 4.79 Å². The number of carbonyl (C=O) groups excluding carboxylic acids is 1. The van der Waals surface area contributed by atoms with E-state index in [-0.39, 0.29) is 12.1 Å². The molecule has 150 valence electrons. The second-order valence-corrected chi connectivity index (χ2v) is 7.61. The van der Waals surface area contributed by atoms with Gasteiger partial charge < -0.3 is 15.4 Å². The molecule has 1 atom stereocenters. The molecule has 2 aromatic rings. The smallest absolute Gasteiger partial charge is 0.315 e. The van der Waals surface area contributed by atoms with Crippen molar-refractivity contribution in [3.05, 3.63) is 64.7 Å². The Bertz CT molecular complexity index is 771. The zero-order chi connectivity index (χ0) is 19.8. The molecule has 28 heavy (non-hydrogen) atoms. The molecule has 0 fully saturated rings. The van der Waals surface area contributed by atoms with Crippen LogP contribution in [0.25, 0.3) is 0 Å². The first kappa shape index (κ1) is 20.2. The summed E-state index contributed by atoms with van der Waals surface area (Å²) in [6.45, 7) is 5.35. The average molecular weight is 381 g/mol. The van der Waals surface area contributed by atoms with Crippen LogP contribution in [-0.2, 0) is 12.8 Å². The van der Waals surface area contributed by atoms with Crippen molar-refractivity contribution >= 4 is 6.03 Å². The minimum Gasteiger partial charge on any atom is -0.494 e. The molecule has 0 radical (unpaired) electrons. The van der Waals surface area contributed by atoms with E-state index in [1.807, 2.05) is 24.3 Å². The van der Waals surface area contributed by atoms with Crippen molar-refractivity contribution in [2.75, 3.05) is 13.2 Å². The summed E-state index contributed by atoms with van der Waals surface area (Å²) >= 11 is 0. The summed E-state index contributed by atoms with van der Waals surface area (Å²) in [7, 11) is 0. The first-order chi connectivity index (χ1) is 13.7. The Kier molecular flexibility index (Phi) is 7.35. The Morgan fingerprint density at radius 1 is 1.07 bits per heavy atom. The first-order valence-electron chi connectivity index (χ1n) is 10.5. The van der Waals surface area contributed by atoms with Crippen LogP contribution in [0.15, 0.2) is 42.5 Å². The summed E-state index contributed by atoms with van der Waals surface area (Å²) in [5, 5.41) is 6.06. The molecule has 2 amide bonds. The van der Waals surface area contributed by atoms with Crippen molar-refractivity contribution in [1.29, 1.82) is 0 Å². The molecule has 2 N–H and O–H groups in total. The monoisotopic (exact) mass is 380 g/mol. The molecule has 1 aliphatic rings. The van der Waals surface area contributed by atoms with Crippen LogP contribution in [-0.4, -0.2) is 19.2 Å². The van der Waals surface area contributed by atoms with Crippen molar-refractivity contribution in [1.82, 2.24) is 10.6 Å². The number of ether oxygens (including phenoxy) is 1. The van der Waals surface area contributed by atoms with Crippen molar-refractivity contribution < 1.29 is 9.53 Å². The lowest BCUT2D eigenvalue weighted by atomic mass is 9.89. The highest BCUT2D eigenvalue weighted by atomic mass is 16.5. The number of urea groups is 1. The van der Waals surface area contributed by atoms with Gasteiger partial charge in [-0.2, -0.15) is 0 Å². The molecule has 0 bridgehead atoms. The molecule has 0 aromatic heterocycles. The van der Waals surface area contributed by atoms with E-state index in [0.29, 0.717) is 13.2 Å². The van der Waals surface area contributed by atoms with E-state index in [2.05, 4.69) is 42.7 Å². The van der Waals surface area contributed by atoms with Crippen LogP contribution in [0.2, 0.25) is 0 Å². The minimum atomic E-state index is -0.111. The van der Waals surface area contributed by atoms with Crippen LogP contribution < -0.4 is 15.4 Å². The number of nitrogens with one attached hydrogen (secondary N) is 2. The fraction of sp³-hybridized carbons (Fsp3) is 0.458. The quantitative estimate of drug-likeness (QED) is 0.627. The maximum Gasteiger partial charge on any atom is 0.315 e. The molecule has 4 heteroatoms. The molecule has 2 aromatic carbocycles. The number of hydrogen-bond donors (Lipinski definition) is 2. The van der Waals surface area contributed by atoms with Gasteiger partial charge in [-0.1, -0.05) is 42.8 Å². The highest BCUT2D eigenvalue weighted by Gasteiger charge is 2.16. The van der Waals surface area contributed by atoms with Crippen LogP contribution in [0, 0.1) is 6.92 Å². The number of benzene rings is 2. The lowest BCUT2D eigenvalue weighted by molar-refractivity contribution is 0.235. The lowest BCUT2D eigenvalue weighted by Crippen LogP contribution is -2.38. The molecule has 0 spiro atoms. The van der Waals surface area contributed by atoms with Gasteiger partial charge in [0, 0.05) is 6.54 Å². The first-order valence-corrected chi connectivity index (χ1v) is 10.5. The molecule has 3 rings (SSSR count). The lowest BCUT2D eigenvalue weighted by Gasteiger charge is -2.22. The molecular formula is C24H32N2O2. The summed E-state index contributed by atoms with van der Waals surface area (Å²) < 4.78 is 5.70. The van der Waals surface area contributed by atoms with E-state index in [1.165, 1.54) is 41.5 Å². The fourth-order valence-corrected chi connectivity index (χ4v) is 3.70. The van der Waals surface area contributed by atoms with E-state index in [1.54, 1.807) is 0 Å². The van der Waals surface area contributed by atoms with Crippen molar-refractivity contribution in [2.45, 2.75) is 58.4 Å². The summed E-state index contributed by atoms with van der Waals surface area (Å²) in [6, 6.07) is 14.7. The average Bonchev–Trinajstić information content (AvgIpc) is 2.72. The van der Waals surface area contributed by atoms with Gasteiger partial charge in [0.15, 0.2) is 0 Å². The molecule has 0 saturated carbocycles. The van der Waals surface area contributed by atoms with Gasteiger partial charge in [0.05, 0.1) is 12.6 Å². The largest absolute Gasteiger partial charge is 0.494 e. The van der Waals surface area contributed by atoms with Crippen LogP contribution >= 0.6 is 0 Å². The summed E-state index contributed by atoms with van der Waals surface area (Å²) in [4.78, 5) is 12.3. The normalized spacial score (nSPS) is 14.1. The van der Waals surface area contributed by atoms with Crippen LogP contribution in [0.3, 0.4) is 0 Å². The SMILES string of the molecule is CCC(NC(=O)NCCCOc1ccc(C)cc1)c1ccc2c(c1)CCCC2. The topological polar surface area (TPSA) is 50.4 Å². The van der Waals surface area contributed by atoms with Gasteiger partial charge in [0.1, 0.15) is 5.75 Å². The van der Waals surface area contributed by atoms with Gasteiger partial charge in [-0.15, -0.1) is 0 Å². The van der Waals surface area contributed by atoms with Gasteiger partial charge in [0.2, 0.25) is 0 Å². The zero-order valence-corrected chi connectivity index (χ0v) is 17.1. The molecule has 4 nitrogen and oxygen atoms in total. The summed E-state index contributed by atoms with van der Waals surface area (Å²) in [6.07, 6.45) is 6.56. The second kappa shape index (κ2) is 10.2. The second-order valence-electron chi connectivity index (χ2n) is 7.61. The number of fused-ring (bicyclic) bond motifs is 1. The molecule has 1 aliphatic carbocycles. The van der Waals surface area contributed by atoms with Crippen LogP contribution in [0.4, 0.5) is 4.79 Å². The Morgan fingerprint density at radius 3 is 2.57 bits per heavy atom.